The molecule has 0 amide bonds. The van der Waals surface area contributed by atoms with Crippen molar-refractivity contribution in [1.82, 2.24) is 0 Å². The maximum atomic E-state index is 11.9. The Labute approximate surface area is 89.4 Å². The molecule has 0 aromatic heterocycles. The van der Waals surface area contributed by atoms with Gasteiger partial charge >= 0.3 is 0 Å². The summed E-state index contributed by atoms with van der Waals surface area (Å²) in [6.45, 7) is 3.06. The Kier molecular flexibility index (Phi) is 3.61. The second kappa shape index (κ2) is 4.55. The van der Waals surface area contributed by atoms with Crippen LogP contribution in [0.1, 0.15) is 30.6 Å². The number of carbonyl (C=O) groups excluding carboxylic acids is 1. The molecule has 0 saturated heterocycles. The number of aliphatic hydroxyl groups excluding tert-OH is 1. The van der Waals surface area contributed by atoms with Crippen LogP contribution < -0.4 is 0 Å². The highest BCUT2D eigenvalue weighted by atomic mass is 16.3. The molecule has 0 aliphatic rings. The van der Waals surface area contributed by atoms with E-state index in [2.05, 4.69) is 0 Å². The van der Waals surface area contributed by atoms with Gasteiger partial charge in [-0.1, -0.05) is 37.3 Å². The first kappa shape index (κ1) is 11.9. The van der Waals surface area contributed by atoms with Crippen molar-refractivity contribution in [3.05, 3.63) is 35.9 Å². The van der Waals surface area contributed by atoms with Gasteiger partial charge in [0.05, 0.1) is 6.10 Å². The summed E-state index contributed by atoms with van der Waals surface area (Å²) in [5.74, 6) is -0.447. The van der Waals surface area contributed by atoms with E-state index in [0.29, 0.717) is 12.0 Å². The summed E-state index contributed by atoms with van der Waals surface area (Å²) in [5, 5.41) is 19.5. The summed E-state index contributed by atoms with van der Waals surface area (Å²) in [4.78, 5) is 11.9. The summed E-state index contributed by atoms with van der Waals surface area (Å²) >= 11 is 0. The van der Waals surface area contributed by atoms with E-state index >= 15 is 0 Å². The van der Waals surface area contributed by atoms with E-state index in [9.17, 15) is 15.0 Å². The van der Waals surface area contributed by atoms with Crippen LogP contribution in [-0.4, -0.2) is 27.7 Å². The number of hydrogen-bond donors (Lipinski definition) is 2. The van der Waals surface area contributed by atoms with Crippen LogP contribution in [0, 0.1) is 0 Å². The van der Waals surface area contributed by atoms with Gasteiger partial charge in [0.15, 0.2) is 11.4 Å². The smallest absolute Gasteiger partial charge is 0.196 e. The molecular weight excluding hydrogens is 192 g/mol. The molecule has 0 spiro atoms. The Bertz CT molecular complexity index is 330. The third-order valence-electron chi connectivity index (χ3n) is 2.53. The summed E-state index contributed by atoms with van der Waals surface area (Å²) in [6.07, 6.45) is -0.698. The highest BCUT2D eigenvalue weighted by Crippen LogP contribution is 2.19. The molecule has 2 N–H and O–H groups in total. The van der Waals surface area contributed by atoms with Gasteiger partial charge in [-0.2, -0.15) is 0 Å². The molecule has 15 heavy (non-hydrogen) atoms. The lowest BCUT2D eigenvalue weighted by atomic mass is 9.88. The molecule has 3 nitrogen and oxygen atoms in total. The van der Waals surface area contributed by atoms with E-state index in [1.807, 2.05) is 0 Å². The molecule has 0 saturated carbocycles. The average molecular weight is 208 g/mol. The van der Waals surface area contributed by atoms with Crippen molar-refractivity contribution < 1.29 is 15.0 Å². The molecule has 0 fully saturated rings. The van der Waals surface area contributed by atoms with Crippen molar-refractivity contribution in [1.29, 1.82) is 0 Å². The summed E-state index contributed by atoms with van der Waals surface area (Å²) in [5.41, 5.74) is -1.30. The van der Waals surface area contributed by atoms with E-state index in [1.54, 1.807) is 37.3 Å². The van der Waals surface area contributed by atoms with Crippen LogP contribution in [0.3, 0.4) is 0 Å². The van der Waals surface area contributed by atoms with Gasteiger partial charge in [-0.05, 0) is 13.3 Å². The molecule has 0 heterocycles. The minimum atomic E-state index is -1.71. The number of aliphatic hydroxyl groups is 2. The highest BCUT2D eigenvalue weighted by Gasteiger charge is 2.37. The minimum Gasteiger partial charge on any atom is -0.390 e. The molecule has 0 aliphatic heterocycles. The number of Topliss-reactive ketones (excluding diaryl/α,β-unsaturated/α-hetero) is 1. The van der Waals surface area contributed by atoms with Gasteiger partial charge in [-0.3, -0.25) is 4.79 Å². The van der Waals surface area contributed by atoms with E-state index in [0.717, 1.165) is 0 Å². The SMILES string of the molecule is CC[C@@H](O)[C@@](C)(O)C(=O)c1ccccc1. The lowest BCUT2D eigenvalue weighted by molar-refractivity contribution is -0.0404. The lowest BCUT2D eigenvalue weighted by Crippen LogP contribution is -2.46. The first-order valence-electron chi connectivity index (χ1n) is 5.00. The zero-order valence-corrected chi connectivity index (χ0v) is 8.97. The van der Waals surface area contributed by atoms with Crippen LogP contribution in [0.25, 0.3) is 0 Å². The van der Waals surface area contributed by atoms with Gasteiger partial charge in [-0.25, -0.2) is 0 Å². The average Bonchev–Trinajstić information content (AvgIpc) is 2.28. The largest absolute Gasteiger partial charge is 0.390 e. The number of carbonyl (C=O) groups is 1. The normalized spacial score (nSPS) is 16.8. The van der Waals surface area contributed by atoms with Crippen LogP contribution in [0.2, 0.25) is 0 Å². The molecule has 2 atom stereocenters. The van der Waals surface area contributed by atoms with E-state index in [1.165, 1.54) is 6.92 Å². The summed E-state index contributed by atoms with van der Waals surface area (Å²) < 4.78 is 0. The quantitative estimate of drug-likeness (QED) is 0.735. The fourth-order valence-electron chi connectivity index (χ4n) is 1.43. The van der Waals surface area contributed by atoms with Crippen LogP contribution in [-0.2, 0) is 0 Å². The van der Waals surface area contributed by atoms with Gasteiger partial charge in [0.2, 0.25) is 0 Å². The molecular formula is C12H16O3. The van der Waals surface area contributed by atoms with E-state index in [4.69, 9.17) is 0 Å². The topological polar surface area (TPSA) is 57.5 Å². The van der Waals surface area contributed by atoms with Crippen molar-refractivity contribution in [3.63, 3.8) is 0 Å². The van der Waals surface area contributed by atoms with Crippen molar-refractivity contribution in [2.24, 2.45) is 0 Å². The van der Waals surface area contributed by atoms with Crippen molar-refractivity contribution >= 4 is 5.78 Å². The van der Waals surface area contributed by atoms with Gasteiger partial charge in [0.1, 0.15) is 0 Å². The fraction of sp³-hybridized carbons (Fsp3) is 0.417. The summed E-state index contributed by atoms with van der Waals surface area (Å²) in [6, 6.07) is 8.49. The van der Waals surface area contributed by atoms with Crippen molar-refractivity contribution in [3.8, 4) is 0 Å². The second-order valence-electron chi connectivity index (χ2n) is 3.77. The zero-order valence-electron chi connectivity index (χ0n) is 8.97. The Balaban J connectivity index is 2.94. The maximum Gasteiger partial charge on any atom is 0.196 e. The standard InChI is InChI=1S/C12H16O3/c1-3-10(13)12(2,15)11(14)9-7-5-4-6-8-9/h4-8,10,13,15H,3H2,1-2H3/t10-,12-/m1/s1. The second-order valence-corrected chi connectivity index (χ2v) is 3.77. The van der Waals surface area contributed by atoms with Gasteiger partial charge in [-0.15, -0.1) is 0 Å². The lowest BCUT2D eigenvalue weighted by Gasteiger charge is -2.26. The van der Waals surface area contributed by atoms with Gasteiger partial charge in [0, 0.05) is 5.56 Å². The molecule has 1 aromatic carbocycles. The number of benzene rings is 1. The number of ketones is 1. The number of hydrogen-bond acceptors (Lipinski definition) is 3. The number of rotatable bonds is 4. The predicted octanol–water partition coefficient (Wildman–Crippen LogP) is 1.39. The third-order valence-corrected chi connectivity index (χ3v) is 2.53. The molecule has 82 valence electrons. The van der Waals surface area contributed by atoms with Gasteiger partial charge < -0.3 is 10.2 Å². The van der Waals surface area contributed by atoms with E-state index < -0.39 is 17.5 Å². The molecule has 0 unspecified atom stereocenters. The van der Waals surface area contributed by atoms with Crippen LogP contribution in [0.4, 0.5) is 0 Å². The van der Waals surface area contributed by atoms with Gasteiger partial charge in [0.25, 0.3) is 0 Å². The fourth-order valence-corrected chi connectivity index (χ4v) is 1.43. The Morgan fingerprint density at radius 2 is 1.93 bits per heavy atom. The molecule has 1 aromatic rings. The molecule has 0 bridgehead atoms. The van der Waals surface area contributed by atoms with Crippen LogP contribution >= 0.6 is 0 Å². The predicted molar refractivity (Wildman–Crippen MR) is 57.7 cm³/mol. The van der Waals surface area contributed by atoms with E-state index in [-0.39, 0.29) is 0 Å². The van der Waals surface area contributed by atoms with Crippen LogP contribution in [0.15, 0.2) is 30.3 Å². The monoisotopic (exact) mass is 208 g/mol. The zero-order chi connectivity index (χ0) is 11.5. The molecule has 1 rings (SSSR count). The summed E-state index contributed by atoms with van der Waals surface area (Å²) in [7, 11) is 0. The maximum absolute atomic E-state index is 11.9. The highest BCUT2D eigenvalue weighted by molar-refractivity contribution is 6.02. The molecule has 0 radical (unpaired) electrons. The Hall–Kier alpha value is -1.19. The first-order chi connectivity index (χ1) is 7.00. The minimum absolute atomic E-state index is 0.339. The van der Waals surface area contributed by atoms with Crippen LogP contribution in [0.5, 0.6) is 0 Å². The molecule has 0 aliphatic carbocycles. The molecule has 3 heteroatoms. The third kappa shape index (κ3) is 2.43. The Morgan fingerprint density at radius 3 is 2.40 bits per heavy atom. The van der Waals surface area contributed by atoms with Crippen molar-refractivity contribution in [2.75, 3.05) is 0 Å². The first-order valence-corrected chi connectivity index (χ1v) is 5.00. The van der Waals surface area contributed by atoms with Crippen molar-refractivity contribution in [2.45, 2.75) is 32.0 Å². The Morgan fingerprint density at radius 1 is 1.40 bits per heavy atom.